The van der Waals surface area contributed by atoms with E-state index in [4.69, 9.17) is 23.2 Å². The highest BCUT2D eigenvalue weighted by Crippen LogP contribution is 2.36. The number of halogens is 2. The van der Waals surface area contributed by atoms with Crippen molar-refractivity contribution in [1.29, 1.82) is 0 Å². The maximum atomic E-state index is 12.4. The molecule has 0 spiro atoms. The van der Waals surface area contributed by atoms with Crippen LogP contribution in [0.4, 0.5) is 5.69 Å². The summed E-state index contributed by atoms with van der Waals surface area (Å²) in [6, 6.07) is 7.08. The van der Waals surface area contributed by atoms with Crippen molar-refractivity contribution in [3.63, 3.8) is 0 Å². The molecule has 6 heteroatoms. The number of hydrogen-bond donors (Lipinski definition) is 1. The lowest BCUT2D eigenvalue weighted by atomic mass is 10.0. The Labute approximate surface area is 129 Å². The molecule has 108 valence electrons. The van der Waals surface area contributed by atoms with Gasteiger partial charge in [-0.25, -0.2) is 8.42 Å². The second-order valence-electron chi connectivity index (χ2n) is 4.90. The topological polar surface area (TPSA) is 46.2 Å². The molecule has 0 heterocycles. The fourth-order valence-electron chi connectivity index (χ4n) is 1.94. The maximum absolute atomic E-state index is 12.4. The van der Waals surface area contributed by atoms with E-state index in [9.17, 15) is 8.42 Å². The Kier molecular flexibility index (Phi) is 4.47. The van der Waals surface area contributed by atoms with Crippen molar-refractivity contribution in [3.8, 4) is 0 Å². The van der Waals surface area contributed by atoms with Gasteiger partial charge in [0.15, 0.2) is 0 Å². The molecule has 0 fully saturated rings. The molecule has 0 radical (unpaired) electrons. The SMILES string of the molecule is Cc1ccc(NS(=O)(=O)C2=CC(C)CC(Cl)=C2Cl)cc1. The van der Waals surface area contributed by atoms with Gasteiger partial charge in [0.2, 0.25) is 0 Å². The summed E-state index contributed by atoms with van der Waals surface area (Å²) in [4.78, 5) is 0.0449. The van der Waals surface area contributed by atoms with E-state index in [-0.39, 0.29) is 15.9 Å². The standard InChI is InChI=1S/C14H15Cl2NO2S/c1-9-3-5-11(6-4-9)17-20(18,19)13-8-10(2)7-12(15)14(13)16/h3-6,8,10,17H,7H2,1-2H3. The second-order valence-corrected chi connectivity index (χ2v) is 7.39. The molecule has 0 amide bonds. The highest BCUT2D eigenvalue weighted by Gasteiger charge is 2.27. The van der Waals surface area contributed by atoms with Crippen LogP contribution in [0.1, 0.15) is 18.9 Å². The molecule has 20 heavy (non-hydrogen) atoms. The summed E-state index contributed by atoms with van der Waals surface area (Å²) in [6.45, 7) is 3.83. The summed E-state index contributed by atoms with van der Waals surface area (Å²) >= 11 is 12.0. The summed E-state index contributed by atoms with van der Waals surface area (Å²) in [7, 11) is -3.73. The minimum Gasteiger partial charge on any atom is -0.280 e. The van der Waals surface area contributed by atoms with E-state index >= 15 is 0 Å². The number of hydrogen-bond acceptors (Lipinski definition) is 2. The fraction of sp³-hybridized carbons (Fsp3) is 0.286. The highest BCUT2D eigenvalue weighted by atomic mass is 35.5. The average molecular weight is 332 g/mol. The van der Waals surface area contributed by atoms with Crippen LogP contribution in [-0.4, -0.2) is 8.42 Å². The number of aryl methyl sites for hydroxylation is 1. The normalized spacial score (nSPS) is 19.8. The largest absolute Gasteiger partial charge is 0.280 e. The number of allylic oxidation sites excluding steroid dienone is 3. The summed E-state index contributed by atoms with van der Waals surface area (Å²) in [5.41, 5.74) is 1.55. The lowest BCUT2D eigenvalue weighted by molar-refractivity contribution is 0.605. The van der Waals surface area contributed by atoms with Gasteiger partial charge in [-0.2, -0.15) is 0 Å². The molecule has 0 aliphatic heterocycles. The van der Waals surface area contributed by atoms with Crippen LogP contribution in [0.3, 0.4) is 0 Å². The Morgan fingerprint density at radius 1 is 1.20 bits per heavy atom. The number of anilines is 1. The Bertz CT molecular complexity index is 676. The smallest absolute Gasteiger partial charge is 0.263 e. The predicted octanol–water partition coefficient (Wildman–Crippen LogP) is 4.35. The molecule has 1 aliphatic rings. The van der Waals surface area contributed by atoms with E-state index in [2.05, 4.69) is 4.72 Å². The molecule has 0 bridgehead atoms. The van der Waals surface area contributed by atoms with Gasteiger partial charge < -0.3 is 0 Å². The van der Waals surface area contributed by atoms with Crippen LogP contribution in [0, 0.1) is 12.8 Å². The van der Waals surface area contributed by atoms with Crippen molar-refractivity contribution in [1.82, 2.24) is 0 Å². The third-order valence-corrected chi connectivity index (χ3v) is 5.39. The van der Waals surface area contributed by atoms with Crippen LogP contribution >= 0.6 is 23.2 Å². The van der Waals surface area contributed by atoms with Gasteiger partial charge in [-0.05, 0) is 31.4 Å². The first-order valence-electron chi connectivity index (χ1n) is 6.15. The number of benzene rings is 1. The zero-order valence-electron chi connectivity index (χ0n) is 11.2. The predicted molar refractivity (Wildman–Crippen MR) is 84.3 cm³/mol. The summed E-state index contributed by atoms with van der Waals surface area (Å²) in [6.07, 6.45) is 2.19. The minimum absolute atomic E-state index is 0.0367. The van der Waals surface area contributed by atoms with E-state index in [1.807, 2.05) is 26.0 Å². The molecule has 1 aromatic rings. The molecular weight excluding hydrogens is 317 g/mol. The van der Waals surface area contributed by atoms with Crippen molar-refractivity contribution >= 4 is 38.9 Å². The van der Waals surface area contributed by atoms with Crippen molar-refractivity contribution in [2.75, 3.05) is 4.72 Å². The van der Waals surface area contributed by atoms with Gasteiger partial charge >= 0.3 is 0 Å². The van der Waals surface area contributed by atoms with Gasteiger partial charge in [-0.3, -0.25) is 4.72 Å². The van der Waals surface area contributed by atoms with Crippen molar-refractivity contribution in [2.24, 2.45) is 5.92 Å². The van der Waals surface area contributed by atoms with Gasteiger partial charge in [0, 0.05) is 10.7 Å². The van der Waals surface area contributed by atoms with Crippen LogP contribution in [0.2, 0.25) is 0 Å². The van der Waals surface area contributed by atoms with Gasteiger partial charge in [0.25, 0.3) is 10.0 Å². The van der Waals surface area contributed by atoms with Gasteiger partial charge in [-0.1, -0.05) is 53.9 Å². The minimum atomic E-state index is -3.73. The third kappa shape index (κ3) is 3.37. The van der Waals surface area contributed by atoms with Crippen LogP contribution in [-0.2, 0) is 10.0 Å². The summed E-state index contributed by atoms with van der Waals surface area (Å²) in [5, 5.41) is 0.482. The zero-order chi connectivity index (χ0) is 14.9. The first-order valence-corrected chi connectivity index (χ1v) is 8.39. The van der Waals surface area contributed by atoms with Gasteiger partial charge in [0.1, 0.15) is 4.91 Å². The Morgan fingerprint density at radius 3 is 2.40 bits per heavy atom. The van der Waals surface area contributed by atoms with E-state index in [0.29, 0.717) is 17.1 Å². The summed E-state index contributed by atoms with van der Waals surface area (Å²) in [5.74, 6) is 0.0367. The van der Waals surface area contributed by atoms with E-state index in [0.717, 1.165) is 5.56 Å². The molecule has 1 aromatic carbocycles. The summed E-state index contributed by atoms with van der Waals surface area (Å²) < 4.78 is 27.3. The Balaban J connectivity index is 2.33. The van der Waals surface area contributed by atoms with Crippen LogP contribution < -0.4 is 4.72 Å². The number of sulfonamides is 1. The molecule has 1 aliphatic carbocycles. The van der Waals surface area contributed by atoms with E-state index in [1.54, 1.807) is 18.2 Å². The molecular formula is C14H15Cl2NO2S. The number of rotatable bonds is 3. The third-order valence-electron chi connectivity index (χ3n) is 2.98. The molecule has 0 saturated carbocycles. The van der Waals surface area contributed by atoms with Crippen LogP contribution in [0.25, 0.3) is 0 Å². The van der Waals surface area contributed by atoms with Crippen LogP contribution in [0.5, 0.6) is 0 Å². The molecule has 1 atom stereocenters. The first kappa shape index (κ1) is 15.4. The van der Waals surface area contributed by atoms with Gasteiger partial charge in [0.05, 0.1) is 5.03 Å². The Morgan fingerprint density at radius 2 is 1.80 bits per heavy atom. The molecule has 0 aromatic heterocycles. The molecule has 1 N–H and O–H groups in total. The van der Waals surface area contributed by atoms with E-state index in [1.165, 1.54) is 0 Å². The highest BCUT2D eigenvalue weighted by molar-refractivity contribution is 7.96. The molecule has 0 saturated heterocycles. The fourth-order valence-corrected chi connectivity index (χ4v) is 4.11. The maximum Gasteiger partial charge on any atom is 0.263 e. The monoisotopic (exact) mass is 331 g/mol. The van der Waals surface area contributed by atoms with Crippen molar-refractivity contribution < 1.29 is 8.42 Å². The van der Waals surface area contributed by atoms with Crippen molar-refractivity contribution in [3.05, 3.63) is 50.9 Å². The Hall–Kier alpha value is -0.970. The average Bonchev–Trinajstić information content (AvgIpc) is 2.36. The molecule has 2 rings (SSSR count). The van der Waals surface area contributed by atoms with Crippen molar-refractivity contribution in [2.45, 2.75) is 20.3 Å². The molecule has 1 unspecified atom stereocenters. The zero-order valence-corrected chi connectivity index (χ0v) is 13.5. The molecule has 3 nitrogen and oxygen atoms in total. The lowest BCUT2D eigenvalue weighted by Crippen LogP contribution is -2.18. The quantitative estimate of drug-likeness (QED) is 0.894. The van der Waals surface area contributed by atoms with Crippen LogP contribution in [0.15, 0.2) is 45.3 Å². The lowest BCUT2D eigenvalue weighted by Gasteiger charge is -2.19. The second kappa shape index (κ2) is 5.80. The first-order chi connectivity index (χ1) is 9.29. The van der Waals surface area contributed by atoms with E-state index < -0.39 is 10.0 Å². The van der Waals surface area contributed by atoms with Gasteiger partial charge in [-0.15, -0.1) is 0 Å². The number of nitrogens with one attached hydrogen (secondary N) is 1.